The van der Waals surface area contributed by atoms with Gasteiger partial charge in [-0.25, -0.2) is 9.59 Å². The highest BCUT2D eigenvalue weighted by Crippen LogP contribution is 2.27. The van der Waals surface area contributed by atoms with E-state index in [4.69, 9.17) is 9.47 Å². The molecule has 38 heavy (non-hydrogen) atoms. The number of ether oxygens (including phenoxy) is 2. The van der Waals surface area contributed by atoms with Gasteiger partial charge in [0.05, 0.1) is 24.1 Å². The molecule has 13 nitrogen and oxygen atoms in total. The topological polar surface area (TPSA) is 194 Å². The van der Waals surface area contributed by atoms with Crippen molar-refractivity contribution in [2.45, 2.75) is 51.0 Å². The summed E-state index contributed by atoms with van der Waals surface area (Å²) in [5, 5.41) is 35.5. The molecule has 4 N–H and O–H groups in total. The Bertz CT molecular complexity index is 1120. The van der Waals surface area contributed by atoms with Crippen molar-refractivity contribution in [1.29, 1.82) is 0 Å². The minimum Gasteiger partial charge on any atom is -0.480 e. The predicted molar refractivity (Wildman–Crippen MR) is 132 cm³/mol. The van der Waals surface area contributed by atoms with Crippen LogP contribution in [0.15, 0.2) is 54.6 Å². The summed E-state index contributed by atoms with van der Waals surface area (Å²) in [7, 11) is 0. The van der Waals surface area contributed by atoms with Crippen LogP contribution in [0.5, 0.6) is 0 Å². The number of nitro groups is 1. The van der Waals surface area contributed by atoms with Crippen molar-refractivity contribution < 1.29 is 43.8 Å². The molecule has 0 spiro atoms. The number of alkyl carbamates (subject to hydrolysis) is 1. The third kappa shape index (κ3) is 8.85. The van der Waals surface area contributed by atoms with Crippen LogP contribution in [0.3, 0.4) is 0 Å². The van der Waals surface area contributed by atoms with Gasteiger partial charge in [0.1, 0.15) is 18.7 Å². The highest BCUT2D eigenvalue weighted by atomic mass is 16.6. The highest BCUT2D eigenvalue weighted by molar-refractivity contribution is 5.90. The summed E-state index contributed by atoms with van der Waals surface area (Å²) in [5.74, 6) is -4.54. The Labute approximate surface area is 217 Å². The first kappa shape index (κ1) is 29.7. The Morgan fingerprint density at radius 2 is 1.61 bits per heavy atom. The lowest BCUT2D eigenvalue weighted by Crippen LogP contribution is -2.57. The first-order valence-electron chi connectivity index (χ1n) is 11.6. The van der Waals surface area contributed by atoms with Gasteiger partial charge in [-0.2, -0.15) is 0 Å². The number of aliphatic carboxylic acids is 1. The van der Waals surface area contributed by atoms with Gasteiger partial charge in [-0.1, -0.05) is 42.5 Å². The lowest BCUT2D eigenvalue weighted by molar-refractivity contribution is -0.384. The minimum atomic E-state index is -1.73. The summed E-state index contributed by atoms with van der Waals surface area (Å²) in [5.41, 5.74) is 0.628. The summed E-state index contributed by atoms with van der Waals surface area (Å²) >= 11 is 0. The van der Waals surface area contributed by atoms with Crippen molar-refractivity contribution in [3.63, 3.8) is 0 Å². The van der Waals surface area contributed by atoms with Gasteiger partial charge < -0.3 is 30.3 Å². The second-order valence-corrected chi connectivity index (χ2v) is 8.21. The maximum Gasteiger partial charge on any atom is 0.408 e. The molecule has 0 saturated heterocycles. The van der Waals surface area contributed by atoms with E-state index in [-0.39, 0.29) is 24.5 Å². The van der Waals surface area contributed by atoms with Crippen LogP contribution in [0, 0.1) is 10.1 Å². The Kier molecular flexibility index (Phi) is 11.2. The molecule has 0 bridgehead atoms. The Morgan fingerprint density at radius 1 is 0.974 bits per heavy atom. The number of carbonyl (C=O) groups is 4. The van der Waals surface area contributed by atoms with Crippen LogP contribution in [0.2, 0.25) is 0 Å². The molecule has 0 aromatic heterocycles. The molecule has 2 aromatic rings. The van der Waals surface area contributed by atoms with Gasteiger partial charge in [0.15, 0.2) is 0 Å². The number of carboxylic acid groups (broad SMARTS) is 1. The number of amides is 2. The standard InChI is InChI=1S/C25H29N3O10/c1-3-37-20(30)13-19(17-9-11-18(12-10-17)28(35)36)22(24(32)33)26-23(31)21(15(2)29)27-25(34)38-14-16-7-5-4-6-8-16/h4-12,15,19,21-22,29H,3,13-14H2,1-2H3,(H,26,31)(H,27,34)(H,32,33)/t15-,19+,21+,22-/m1/s1. The monoisotopic (exact) mass is 531 g/mol. The van der Waals surface area contributed by atoms with E-state index in [1.54, 1.807) is 37.3 Å². The van der Waals surface area contributed by atoms with Crippen molar-refractivity contribution in [1.82, 2.24) is 10.6 Å². The lowest BCUT2D eigenvalue weighted by atomic mass is 9.88. The van der Waals surface area contributed by atoms with Gasteiger partial charge in [-0.3, -0.25) is 19.7 Å². The molecule has 0 unspecified atom stereocenters. The number of nitro benzene ring substituents is 1. The number of rotatable bonds is 13. The number of benzene rings is 2. The maximum absolute atomic E-state index is 13.0. The van der Waals surface area contributed by atoms with Crippen LogP contribution in [0.25, 0.3) is 0 Å². The Morgan fingerprint density at radius 3 is 2.13 bits per heavy atom. The van der Waals surface area contributed by atoms with Gasteiger partial charge in [0.25, 0.3) is 5.69 Å². The van der Waals surface area contributed by atoms with E-state index in [9.17, 15) is 39.5 Å². The number of carbonyl (C=O) groups excluding carboxylic acids is 3. The van der Waals surface area contributed by atoms with E-state index < -0.39 is 59.4 Å². The summed E-state index contributed by atoms with van der Waals surface area (Å²) in [4.78, 5) is 60.0. The molecule has 0 saturated carbocycles. The molecule has 4 atom stereocenters. The van der Waals surface area contributed by atoms with Crippen molar-refractivity contribution in [2.24, 2.45) is 0 Å². The summed E-state index contributed by atoms with van der Waals surface area (Å²) < 4.78 is 9.99. The Balaban J connectivity index is 2.23. The molecule has 0 heterocycles. The zero-order valence-electron chi connectivity index (χ0n) is 20.7. The average Bonchev–Trinajstić information content (AvgIpc) is 2.88. The summed E-state index contributed by atoms with van der Waals surface area (Å²) in [6, 6.07) is 10.2. The number of aliphatic hydroxyl groups excluding tert-OH is 1. The SMILES string of the molecule is CCOC(=O)C[C@@H](c1ccc([N+](=O)[O-])cc1)[C@@H](NC(=O)[C@@H](NC(=O)OCc1ccccc1)[C@@H](C)O)C(=O)O. The molecule has 2 amide bonds. The molecular weight excluding hydrogens is 502 g/mol. The van der Waals surface area contributed by atoms with Gasteiger partial charge >= 0.3 is 18.0 Å². The van der Waals surface area contributed by atoms with Crippen LogP contribution >= 0.6 is 0 Å². The number of carboxylic acids is 1. The lowest BCUT2D eigenvalue weighted by Gasteiger charge is -2.27. The highest BCUT2D eigenvalue weighted by Gasteiger charge is 2.36. The first-order valence-corrected chi connectivity index (χ1v) is 11.6. The molecule has 0 aliphatic rings. The second kappa shape index (κ2) is 14.3. The van der Waals surface area contributed by atoms with E-state index in [1.165, 1.54) is 19.1 Å². The smallest absolute Gasteiger partial charge is 0.408 e. The van der Waals surface area contributed by atoms with Crippen molar-refractivity contribution in [3.05, 3.63) is 75.8 Å². The number of hydrogen-bond acceptors (Lipinski definition) is 9. The molecule has 0 aliphatic heterocycles. The zero-order chi connectivity index (χ0) is 28.2. The molecule has 2 rings (SSSR count). The van der Waals surface area contributed by atoms with E-state index in [1.807, 2.05) is 0 Å². The minimum absolute atomic E-state index is 0.0228. The van der Waals surface area contributed by atoms with Gasteiger partial charge in [-0.05, 0) is 25.0 Å². The molecule has 204 valence electrons. The summed E-state index contributed by atoms with van der Waals surface area (Å²) in [6.07, 6.45) is -2.95. The number of aliphatic hydroxyl groups is 1. The van der Waals surface area contributed by atoms with Gasteiger partial charge in [-0.15, -0.1) is 0 Å². The maximum atomic E-state index is 13.0. The van der Waals surface area contributed by atoms with E-state index >= 15 is 0 Å². The van der Waals surface area contributed by atoms with Crippen molar-refractivity contribution in [2.75, 3.05) is 6.61 Å². The molecule has 13 heteroatoms. The first-order chi connectivity index (χ1) is 18.0. The van der Waals surface area contributed by atoms with Crippen LogP contribution in [-0.2, 0) is 30.5 Å². The number of nitrogens with zero attached hydrogens (tertiary/aromatic N) is 1. The van der Waals surface area contributed by atoms with Crippen molar-refractivity contribution in [3.8, 4) is 0 Å². The molecule has 0 radical (unpaired) electrons. The number of non-ortho nitro benzene ring substituents is 1. The average molecular weight is 532 g/mol. The quantitative estimate of drug-likeness (QED) is 0.168. The molecular formula is C25H29N3O10. The van der Waals surface area contributed by atoms with Gasteiger partial charge in [0.2, 0.25) is 5.91 Å². The van der Waals surface area contributed by atoms with Crippen LogP contribution in [-0.4, -0.2) is 63.9 Å². The second-order valence-electron chi connectivity index (χ2n) is 8.21. The largest absolute Gasteiger partial charge is 0.480 e. The van der Waals surface area contributed by atoms with E-state index in [2.05, 4.69) is 10.6 Å². The zero-order valence-corrected chi connectivity index (χ0v) is 20.7. The number of esters is 1. The molecule has 0 aliphatic carbocycles. The van der Waals surface area contributed by atoms with Crippen LogP contribution in [0.1, 0.15) is 37.3 Å². The third-order valence-electron chi connectivity index (χ3n) is 5.44. The Hall–Kier alpha value is -4.52. The van der Waals surface area contributed by atoms with Crippen LogP contribution in [0.4, 0.5) is 10.5 Å². The molecule has 2 aromatic carbocycles. The number of nitrogens with one attached hydrogen (secondary N) is 2. The van der Waals surface area contributed by atoms with Crippen molar-refractivity contribution >= 4 is 29.6 Å². The summed E-state index contributed by atoms with van der Waals surface area (Å²) in [6.45, 7) is 2.68. The van der Waals surface area contributed by atoms with E-state index in [0.29, 0.717) is 5.56 Å². The van der Waals surface area contributed by atoms with Crippen LogP contribution < -0.4 is 10.6 Å². The predicted octanol–water partition coefficient (Wildman–Crippen LogP) is 1.88. The number of hydrogen-bond donors (Lipinski definition) is 4. The molecule has 0 fully saturated rings. The fraction of sp³-hybridized carbons (Fsp3) is 0.360. The van der Waals surface area contributed by atoms with Gasteiger partial charge in [0, 0.05) is 18.1 Å². The van der Waals surface area contributed by atoms with E-state index in [0.717, 1.165) is 12.1 Å². The fourth-order valence-electron chi connectivity index (χ4n) is 3.55. The third-order valence-corrected chi connectivity index (χ3v) is 5.44. The fourth-order valence-corrected chi connectivity index (χ4v) is 3.55. The normalized spacial score (nSPS) is 13.8.